The maximum Gasteiger partial charge on any atom is 0.258 e. The molecular formula is C20H23NO3. The first kappa shape index (κ1) is 16.5. The highest BCUT2D eigenvalue weighted by Gasteiger charge is 2.39. The van der Waals surface area contributed by atoms with E-state index in [9.17, 15) is 9.90 Å². The summed E-state index contributed by atoms with van der Waals surface area (Å²) in [4.78, 5) is 12.3. The summed E-state index contributed by atoms with van der Waals surface area (Å²) in [6, 6.07) is 17.3. The van der Waals surface area contributed by atoms with Crippen LogP contribution in [-0.2, 0) is 10.3 Å². The molecule has 126 valence electrons. The van der Waals surface area contributed by atoms with Crippen molar-refractivity contribution in [3.05, 3.63) is 65.7 Å². The lowest BCUT2D eigenvalue weighted by molar-refractivity contribution is -0.126. The van der Waals surface area contributed by atoms with Gasteiger partial charge in [0.25, 0.3) is 5.91 Å². The Labute approximate surface area is 142 Å². The van der Waals surface area contributed by atoms with Gasteiger partial charge in [-0.15, -0.1) is 0 Å². The average Bonchev–Trinajstić information content (AvgIpc) is 2.57. The molecule has 0 radical (unpaired) electrons. The molecule has 1 amide bonds. The molecule has 2 aromatic carbocycles. The second-order valence-electron chi connectivity index (χ2n) is 6.39. The number of nitrogens with one attached hydrogen (secondary N) is 1. The van der Waals surface area contributed by atoms with Gasteiger partial charge in [-0.05, 0) is 49.4 Å². The van der Waals surface area contributed by atoms with E-state index in [2.05, 4.69) is 17.4 Å². The number of ether oxygens (including phenoxy) is 1. The molecule has 1 saturated carbocycles. The minimum absolute atomic E-state index is 0.0299. The SMILES string of the molecule is CC(O)c1cccc(OCC(=O)NC2(c3ccccc3)CCC2)c1. The Kier molecular flexibility index (Phi) is 4.86. The molecule has 1 aliphatic carbocycles. The van der Waals surface area contributed by atoms with Gasteiger partial charge in [-0.2, -0.15) is 0 Å². The Morgan fingerprint density at radius 1 is 1.21 bits per heavy atom. The molecule has 2 N–H and O–H groups in total. The molecule has 0 heterocycles. The van der Waals surface area contributed by atoms with Gasteiger partial charge in [0.2, 0.25) is 0 Å². The van der Waals surface area contributed by atoms with E-state index in [-0.39, 0.29) is 18.1 Å². The van der Waals surface area contributed by atoms with Crippen molar-refractivity contribution in [2.75, 3.05) is 6.61 Å². The summed E-state index contributed by atoms with van der Waals surface area (Å²) in [6.07, 6.45) is 2.48. The topological polar surface area (TPSA) is 58.6 Å². The van der Waals surface area contributed by atoms with Crippen LogP contribution >= 0.6 is 0 Å². The first-order chi connectivity index (χ1) is 11.6. The molecule has 1 fully saturated rings. The third-order valence-electron chi connectivity index (χ3n) is 4.62. The smallest absolute Gasteiger partial charge is 0.258 e. The monoisotopic (exact) mass is 325 g/mol. The third-order valence-corrected chi connectivity index (χ3v) is 4.62. The van der Waals surface area contributed by atoms with Gasteiger partial charge in [0.05, 0.1) is 11.6 Å². The molecule has 0 aliphatic heterocycles. The maximum atomic E-state index is 12.3. The molecule has 0 saturated heterocycles. The zero-order chi connectivity index (χ0) is 17.0. The van der Waals surface area contributed by atoms with E-state index in [1.54, 1.807) is 19.1 Å². The van der Waals surface area contributed by atoms with Crippen LogP contribution in [0.25, 0.3) is 0 Å². The molecule has 24 heavy (non-hydrogen) atoms. The highest BCUT2D eigenvalue weighted by molar-refractivity contribution is 5.78. The molecule has 0 spiro atoms. The minimum Gasteiger partial charge on any atom is -0.484 e. The van der Waals surface area contributed by atoms with Crippen LogP contribution in [0.15, 0.2) is 54.6 Å². The summed E-state index contributed by atoms with van der Waals surface area (Å²) >= 11 is 0. The van der Waals surface area contributed by atoms with E-state index in [4.69, 9.17) is 4.74 Å². The lowest BCUT2D eigenvalue weighted by atomic mass is 9.72. The highest BCUT2D eigenvalue weighted by atomic mass is 16.5. The van der Waals surface area contributed by atoms with Crippen molar-refractivity contribution in [2.24, 2.45) is 0 Å². The predicted octanol–water partition coefficient (Wildman–Crippen LogP) is 3.31. The lowest BCUT2D eigenvalue weighted by Crippen LogP contribution is -2.52. The Morgan fingerprint density at radius 3 is 2.58 bits per heavy atom. The Bertz CT molecular complexity index is 693. The number of carbonyl (C=O) groups is 1. The van der Waals surface area contributed by atoms with Gasteiger partial charge in [0, 0.05) is 0 Å². The Morgan fingerprint density at radius 2 is 1.96 bits per heavy atom. The minimum atomic E-state index is -0.557. The summed E-state index contributed by atoms with van der Waals surface area (Å²) in [5, 5.41) is 12.7. The first-order valence-corrected chi connectivity index (χ1v) is 8.36. The van der Waals surface area contributed by atoms with Gasteiger partial charge in [0.1, 0.15) is 5.75 Å². The van der Waals surface area contributed by atoms with Gasteiger partial charge in [0.15, 0.2) is 6.61 Å². The van der Waals surface area contributed by atoms with Crippen LogP contribution in [0.2, 0.25) is 0 Å². The van der Waals surface area contributed by atoms with Gasteiger partial charge in [-0.3, -0.25) is 4.79 Å². The molecule has 1 unspecified atom stereocenters. The second kappa shape index (κ2) is 7.05. The summed E-state index contributed by atoms with van der Waals surface area (Å²) in [5.41, 5.74) is 1.68. The largest absolute Gasteiger partial charge is 0.484 e. The summed E-state index contributed by atoms with van der Waals surface area (Å²) in [6.45, 7) is 1.67. The average molecular weight is 325 g/mol. The van der Waals surface area contributed by atoms with Crippen LogP contribution in [-0.4, -0.2) is 17.6 Å². The summed E-state index contributed by atoms with van der Waals surface area (Å²) in [5.74, 6) is 0.465. The third kappa shape index (κ3) is 3.60. The van der Waals surface area contributed by atoms with Crippen molar-refractivity contribution in [1.82, 2.24) is 5.32 Å². The zero-order valence-corrected chi connectivity index (χ0v) is 13.9. The van der Waals surface area contributed by atoms with Crippen molar-refractivity contribution in [1.29, 1.82) is 0 Å². The number of aliphatic hydroxyl groups excluding tert-OH is 1. The normalized spacial score (nSPS) is 16.8. The van der Waals surface area contributed by atoms with E-state index in [0.29, 0.717) is 5.75 Å². The Balaban J connectivity index is 1.60. The number of hydrogen-bond acceptors (Lipinski definition) is 3. The molecule has 2 aromatic rings. The number of amides is 1. The molecule has 0 aromatic heterocycles. The van der Waals surface area contributed by atoms with Crippen LogP contribution in [0.1, 0.15) is 43.4 Å². The van der Waals surface area contributed by atoms with Crippen LogP contribution in [0.3, 0.4) is 0 Å². The van der Waals surface area contributed by atoms with E-state index in [1.807, 2.05) is 30.3 Å². The van der Waals surface area contributed by atoms with Gasteiger partial charge in [-0.1, -0.05) is 42.5 Å². The van der Waals surface area contributed by atoms with Crippen LogP contribution in [0, 0.1) is 0 Å². The second-order valence-corrected chi connectivity index (χ2v) is 6.39. The standard InChI is InChI=1S/C20H23NO3/c1-15(22)16-7-5-10-18(13-16)24-14-19(23)21-20(11-6-12-20)17-8-3-2-4-9-17/h2-5,7-10,13,15,22H,6,11-12,14H2,1H3,(H,21,23). The maximum absolute atomic E-state index is 12.3. The van der Waals surface area contributed by atoms with Crippen molar-refractivity contribution in [3.63, 3.8) is 0 Å². The Hall–Kier alpha value is -2.33. The number of hydrogen-bond donors (Lipinski definition) is 2. The van der Waals surface area contributed by atoms with Gasteiger partial charge < -0.3 is 15.2 Å². The van der Waals surface area contributed by atoms with Crippen molar-refractivity contribution in [2.45, 2.75) is 37.8 Å². The van der Waals surface area contributed by atoms with E-state index in [0.717, 1.165) is 30.4 Å². The van der Waals surface area contributed by atoms with E-state index < -0.39 is 6.10 Å². The van der Waals surface area contributed by atoms with Crippen LogP contribution < -0.4 is 10.1 Å². The number of rotatable bonds is 6. The number of aliphatic hydroxyl groups is 1. The quantitative estimate of drug-likeness (QED) is 0.856. The van der Waals surface area contributed by atoms with E-state index >= 15 is 0 Å². The molecule has 0 bridgehead atoms. The first-order valence-electron chi connectivity index (χ1n) is 8.36. The predicted molar refractivity (Wildman–Crippen MR) is 92.7 cm³/mol. The van der Waals surface area contributed by atoms with Gasteiger partial charge >= 0.3 is 0 Å². The highest BCUT2D eigenvalue weighted by Crippen LogP contribution is 2.41. The fourth-order valence-electron chi connectivity index (χ4n) is 3.09. The molecule has 4 heteroatoms. The van der Waals surface area contributed by atoms with Crippen molar-refractivity contribution in [3.8, 4) is 5.75 Å². The molecule has 3 rings (SSSR count). The summed E-state index contributed by atoms with van der Waals surface area (Å²) in [7, 11) is 0. The summed E-state index contributed by atoms with van der Waals surface area (Å²) < 4.78 is 5.59. The molecule has 4 nitrogen and oxygen atoms in total. The van der Waals surface area contributed by atoms with Crippen molar-refractivity contribution < 1.29 is 14.6 Å². The van der Waals surface area contributed by atoms with Crippen LogP contribution in [0.5, 0.6) is 5.75 Å². The molecular weight excluding hydrogens is 302 g/mol. The van der Waals surface area contributed by atoms with Crippen LogP contribution in [0.4, 0.5) is 0 Å². The van der Waals surface area contributed by atoms with Gasteiger partial charge in [-0.25, -0.2) is 0 Å². The zero-order valence-electron chi connectivity index (χ0n) is 13.9. The number of benzene rings is 2. The molecule has 1 atom stereocenters. The fraction of sp³-hybridized carbons (Fsp3) is 0.350. The lowest BCUT2D eigenvalue weighted by Gasteiger charge is -2.43. The van der Waals surface area contributed by atoms with Crippen molar-refractivity contribution >= 4 is 5.91 Å². The number of carbonyl (C=O) groups excluding carboxylic acids is 1. The molecule has 1 aliphatic rings. The fourth-order valence-corrected chi connectivity index (χ4v) is 3.09. The van der Waals surface area contributed by atoms with E-state index in [1.165, 1.54) is 0 Å².